The first kappa shape index (κ1) is 21.0. The Hall–Kier alpha value is -2.76. The van der Waals surface area contributed by atoms with Gasteiger partial charge in [0.25, 0.3) is 0 Å². The number of furan rings is 1. The second kappa shape index (κ2) is 10.7. The van der Waals surface area contributed by atoms with E-state index in [1.165, 1.54) is 5.56 Å². The smallest absolute Gasteiger partial charge is 0.225 e. The van der Waals surface area contributed by atoms with Crippen LogP contribution in [0.4, 0.5) is 0 Å². The Bertz CT molecular complexity index is 763. The summed E-state index contributed by atoms with van der Waals surface area (Å²) in [6.07, 6.45) is 4.37. The van der Waals surface area contributed by atoms with Crippen LogP contribution in [0.15, 0.2) is 58.1 Å². The van der Waals surface area contributed by atoms with E-state index in [0.29, 0.717) is 12.6 Å². The van der Waals surface area contributed by atoms with Crippen LogP contribution in [0.3, 0.4) is 0 Å². The Labute approximate surface area is 173 Å². The van der Waals surface area contributed by atoms with Crippen LogP contribution in [0.2, 0.25) is 0 Å². The van der Waals surface area contributed by atoms with E-state index in [1.807, 2.05) is 49.1 Å². The van der Waals surface area contributed by atoms with Crippen LogP contribution in [-0.2, 0) is 17.8 Å². The van der Waals surface area contributed by atoms with Crippen molar-refractivity contribution in [2.45, 2.75) is 45.7 Å². The van der Waals surface area contributed by atoms with E-state index in [2.05, 4.69) is 22.8 Å². The minimum Gasteiger partial charge on any atom is -0.469 e. The summed E-state index contributed by atoms with van der Waals surface area (Å²) >= 11 is 0. The molecule has 29 heavy (non-hydrogen) atoms. The molecule has 3 rings (SSSR count). The van der Waals surface area contributed by atoms with Gasteiger partial charge in [-0.2, -0.15) is 0 Å². The highest BCUT2D eigenvalue weighted by atomic mass is 16.3. The van der Waals surface area contributed by atoms with Gasteiger partial charge in [0.05, 0.1) is 12.8 Å². The summed E-state index contributed by atoms with van der Waals surface area (Å²) in [7, 11) is 0. The zero-order valence-electron chi connectivity index (χ0n) is 17.4. The molecule has 0 radical (unpaired) electrons. The largest absolute Gasteiger partial charge is 0.469 e. The van der Waals surface area contributed by atoms with Gasteiger partial charge in [-0.15, -0.1) is 0 Å². The van der Waals surface area contributed by atoms with E-state index in [9.17, 15) is 4.79 Å². The van der Waals surface area contributed by atoms with Gasteiger partial charge in [-0.3, -0.25) is 4.79 Å². The van der Waals surface area contributed by atoms with Crippen molar-refractivity contribution in [3.63, 3.8) is 0 Å². The lowest BCUT2D eigenvalue weighted by Crippen LogP contribution is -2.50. The minimum atomic E-state index is 0.0609. The average molecular weight is 397 g/mol. The van der Waals surface area contributed by atoms with Crippen molar-refractivity contribution < 1.29 is 9.21 Å². The summed E-state index contributed by atoms with van der Waals surface area (Å²) < 4.78 is 5.41. The van der Waals surface area contributed by atoms with Gasteiger partial charge >= 0.3 is 0 Å². The van der Waals surface area contributed by atoms with Gasteiger partial charge < -0.3 is 20.0 Å². The van der Waals surface area contributed by atoms with Crippen molar-refractivity contribution >= 4 is 11.9 Å². The van der Waals surface area contributed by atoms with Crippen LogP contribution in [-0.4, -0.2) is 42.4 Å². The number of rotatable bonds is 7. The third-order valence-corrected chi connectivity index (χ3v) is 5.15. The van der Waals surface area contributed by atoms with Gasteiger partial charge in [0, 0.05) is 38.0 Å². The Balaban J connectivity index is 1.55. The zero-order valence-corrected chi connectivity index (χ0v) is 17.4. The maximum Gasteiger partial charge on any atom is 0.225 e. The summed E-state index contributed by atoms with van der Waals surface area (Å²) in [5, 5.41) is 6.99. The van der Waals surface area contributed by atoms with E-state index in [4.69, 9.17) is 9.41 Å². The van der Waals surface area contributed by atoms with E-state index in [1.54, 1.807) is 6.26 Å². The molecule has 0 spiro atoms. The fourth-order valence-electron chi connectivity index (χ4n) is 3.47. The van der Waals surface area contributed by atoms with Crippen LogP contribution >= 0.6 is 0 Å². The molecule has 1 saturated heterocycles. The molecule has 156 valence electrons. The second-order valence-corrected chi connectivity index (χ2v) is 7.81. The van der Waals surface area contributed by atoms with Crippen LogP contribution in [0.25, 0.3) is 0 Å². The molecule has 2 heterocycles. The molecule has 1 aromatic heterocycles. The minimum absolute atomic E-state index is 0.0609. The van der Waals surface area contributed by atoms with E-state index < -0.39 is 0 Å². The van der Waals surface area contributed by atoms with Crippen molar-refractivity contribution in [1.82, 2.24) is 15.5 Å². The summed E-state index contributed by atoms with van der Waals surface area (Å²) in [6.45, 7) is 6.90. The van der Waals surface area contributed by atoms with Crippen molar-refractivity contribution in [2.75, 3.05) is 19.6 Å². The maximum atomic E-state index is 12.2. The molecular weight excluding hydrogens is 364 g/mol. The second-order valence-electron chi connectivity index (χ2n) is 7.81. The van der Waals surface area contributed by atoms with E-state index in [-0.39, 0.29) is 11.8 Å². The molecule has 1 fully saturated rings. The fraction of sp³-hybridized carbons (Fsp3) is 0.478. The lowest BCUT2D eigenvalue weighted by atomic mass is 10.0. The molecule has 2 aromatic rings. The normalized spacial score (nSPS) is 15.6. The van der Waals surface area contributed by atoms with E-state index in [0.717, 1.165) is 50.6 Å². The quantitative estimate of drug-likeness (QED) is 0.557. The Morgan fingerprint density at radius 2 is 1.93 bits per heavy atom. The number of likely N-dealkylation sites (tertiary alicyclic amines) is 1. The fourth-order valence-corrected chi connectivity index (χ4v) is 3.47. The van der Waals surface area contributed by atoms with Crippen LogP contribution in [0.5, 0.6) is 0 Å². The molecule has 0 bridgehead atoms. The van der Waals surface area contributed by atoms with Crippen molar-refractivity contribution in [3.05, 3.63) is 60.1 Å². The number of aliphatic imine (C=N–C) groups is 1. The standard InChI is InChI=1S/C23H32N4O2/c1-18(2)22(28)27-14-11-20(12-15-27)26-23(24-13-10-21-9-6-16-29-21)25-17-19-7-4-3-5-8-19/h3-9,16,18,20H,10-15,17H2,1-2H3,(H2,24,25,26). The van der Waals surface area contributed by atoms with Crippen molar-refractivity contribution in [3.8, 4) is 0 Å². The maximum absolute atomic E-state index is 12.2. The van der Waals surface area contributed by atoms with E-state index >= 15 is 0 Å². The van der Waals surface area contributed by atoms with Gasteiger partial charge in [-0.25, -0.2) is 4.99 Å². The molecule has 0 atom stereocenters. The third-order valence-electron chi connectivity index (χ3n) is 5.15. The summed E-state index contributed by atoms with van der Waals surface area (Å²) in [6, 6.07) is 14.5. The SMILES string of the molecule is CC(C)C(=O)N1CCC(NC(=NCc2ccccc2)NCCc2ccco2)CC1. The number of amides is 1. The number of carbonyl (C=O) groups is 1. The number of guanidine groups is 1. The molecule has 1 aliphatic heterocycles. The van der Waals surface area contributed by atoms with Gasteiger partial charge in [0.1, 0.15) is 5.76 Å². The molecule has 1 aromatic carbocycles. The summed E-state index contributed by atoms with van der Waals surface area (Å²) in [5.74, 6) is 2.08. The number of hydrogen-bond acceptors (Lipinski definition) is 3. The predicted molar refractivity (Wildman–Crippen MR) is 116 cm³/mol. The van der Waals surface area contributed by atoms with Gasteiger partial charge in [0.15, 0.2) is 5.96 Å². The first-order valence-corrected chi connectivity index (χ1v) is 10.5. The number of nitrogens with zero attached hydrogens (tertiary/aromatic N) is 2. The zero-order chi connectivity index (χ0) is 20.5. The topological polar surface area (TPSA) is 69.9 Å². The Morgan fingerprint density at radius 3 is 2.59 bits per heavy atom. The average Bonchev–Trinajstić information content (AvgIpc) is 3.26. The molecule has 0 aliphatic carbocycles. The lowest BCUT2D eigenvalue weighted by molar-refractivity contribution is -0.135. The predicted octanol–water partition coefficient (Wildman–Crippen LogP) is 3.20. The Morgan fingerprint density at radius 1 is 1.17 bits per heavy atom. The molecule has 2 N–H and O–H groups in total. The molecule has 0 saturated carbocycles. The molecule has 0 unspecified atom stereocenters. The molecule has 6 heteroatoms. The lowest BCUT2D eigenvalue weighted by Gasteiger charge is -2.34. The van der Waals surface area contributed by atoms with Crippen LogP contribution in [0, 0.1) is 5.92 Å². The summed E-state index contributed by atoms with van der Waals surface area (Å²) in [5.41, 5.74) is 1.18. The van der Waals surface area contributed by atoms with Crippen molar-refractivity contribution in [1.29, 1.82) is 0 Å². The number of benzene rings is 1. The van der Waals surface area contributed by atoms with Crippen LogP contribution in [0.1, 0.15) is 38.0 Å². The van der Waals surface area contributed by atoms with Gasteiger partial charge in [-0.1, -0.05) is 44.2 Å². The first-order valence-electron chi connectivity index (χ1n) is 10.5. The molecule has 6 nitrogen and oxygen atoms in total. The highest BCUT2D eigenvalue weighted by Crippen LogP contribution is 2.13. The highest BCUT2D eigenvalue weighted by Gasteiger charge is 2.24. The van der Waals surface area contributed by atoms with Crippen LogP contribution < -0.4 is 10.6 Å². The monoisotopic (exact) mass is 396 g/mol. The van der Waals surface area contributed by atoms with Crippen molar-refractivity contribution in [2.24, 2.45) is 10.9 Å². The molecule has 1 amide bonds. The summed E-state index contributed by atoms with van der Waals surface area (Å²) in [4.78, 5) is 19.0. The number of nitrogens with one attached hydrogen (secondary N) is 2. The number of piperidine rings is 1. The molecular formula is C23H32N4O2. The number of hydrogen-bond donors (Lipinski definition) is 2. The highest BCUT2D eigenvalue weighted by molar-refractivity contribution is 5.80. The third kappa shape index (κ3) is 6.66. The van der Waals surface area contributed by atoms with Gasteiger partial charge in [-0.05, 0) is 30.5 Å². The molecule has 1 aliphatic rings. The Kier molecular flexibility index (Phi) is 7.73. The first-order chi connectivity index (χ1) is 14.1. The van der Waals surface area contributed by atoms with Gasteiger partial charge in [0.2, 0.25) is 5.91 Å². The number of carbonyl (C=O) groups excluding carboxylic acids is 1.